The Hall–Kier alpha value is -0.460. The van der Waals surface area contributed by atoms with Crippen molar-refractivity contribution >= 4 is 17.8 Å². The van der Waals surface area contributed by atoms with Crippen LogP contribution in [0.3, 0.4) is 0 Å². The molecule has 0 amide bonds. The Kier molecular flexibility index (Phi) is 5.18. The Bertz CT molecular complexity index is 101. The highest BCUT2D eigenvalue weighted by molar-refractivity contribution is 8.00. The second-order valence-electron chi connectivity index (χ2n) is 0.824. The van der Waals surface area contributed by atoms with Gasteiger partial charge in [0.1, 0.15) is 0 Å². The molecule has 0 saturated carbocycles. The topological polar surface area (TPSA) is 12.4 Å². The zero-order valence-corrected chi connectivity index (χ0v) is 5.03. The van der Waals surface area contributed by atoms with Crippen molar-refractivity contribution in [1.82, 2.24) is 0 Å². The highest BCUT2D eigenvalue weighted by Gasteiger charge is 1.61. The molecule has 0 saturated heterocycles. The zero-order valence-electron chi connectivity index (χ0n) is 4.22. The van der Waals surface area contributed by atoms with Gasteiger partial charge in [0.05, 0.1) is 0 Å². The summed E-state index contributed by atoms with van der Waals surface area (Å²) in [6, 6.07) is 0. The van der Waals surface area contributed by atoms with Crippen molar-refractivity contribution in [1.29, 1.82) is 0 Å². The number of hydrogen-bond acceptors (Lipinski definition) is 2. The molecule has 0 rings (SSSR count). The van der Waals surface area contributed by atoms with E-state index < -0.39 is 0 Å². The third-order valence-corrected chi connectivity index (χ3v) is 0.943. The van der Waals surface area contributed by atoms with Gasteiger partial charge in [-0.3, -0.25) is 0 Å². The predicted molar refractivity (Wildman–Crippen MR) is 35.5 cm³/mol. The van der Waals surface area contributed by atoms with E-state index in [-0.39, 0.29) is 0 Å². The lowest BCUT2D eigenvalue weighted by Crippen LogP contribution is -1.40. The monoisotopic (exact) mass is 113 g/mol. The standard InChI is InChI=1S/C5H7NS/c1-3-5-7-6-4-2/h3,5H,2H2,1H3. The second-order valence-corrected chi connectivity index (χ2v) is 1.49. The van der Waals surface area contributed by atoms with Crippen LogP contribution in [0.15, 0.2) is 22.5 Å². The van der Waals surface area contributed by atoms with E-state index in [1.54, 1.807) is 0 Å². The zero-order chi connectivity index (χ0) is 5.54. The maximum Gasteiger partial charge on any atom is 0.0123 e. The second kappa shape index (κ2) is 5.54. The fourth-order valence-corrected chi connectivity index (χ4v) is 0.386. The van der Waals surface area contributed by atoms with Gasteiger partial charge in [-0.15, -0.1) is 0 Å². The van der Waals surface area contributed by atoms with Gasteiger partial charge in [0.15, 0.2) is 0 Å². The molecule has 38 valence electrons. The largest absolute Gasteiger partial charge is 0.169 e. The van der Waals surface area contributed by atoms with Gasteiger partial charge >= 0.3 is 0 Å². The van der Waals surface area contributed by atoms with E-state index in [1.165, 1.54) is 11.9 Å². The van der Waals surface area contributed by atoms with Gasteiger partial charge in [0.25, 0.3) is 0 Å². The molecular weight excluding hydrogens is 106 g/mol. The Morgan fingerprint density at radius 2 is 2.57 bits per heavy atom. The van der Waals surface area contributed by atoms with Gasteiger partial charge in [-0.25, -0.2) is 0 Å². The lowest BCUT2D eigenvalue weighted by Gasteiger charge is -1.69. The summed E-state index contributed by atoms with van der Waals surface area (Å²) in [5.74, 6) is 2.39. The van der Waals surface area contributed by atoms with Crippen molar-refractivity contribution in [2.24, 2.45) is 4.40 Å². The molecule has 2 heteroatoms. The quantitative estimate of drug-likeness (QED) is 0.394. The first-order valence-electron chi connectivity index (χ1n) is 1.91. The van der Waals surface area contributed by atoms with Crippen molar-refractivity contribution in [3.8, 4) is 0 Å². The first kappa shape index (κ1) is 6.54. The van der Waals surface area contributed by atoms with Gasteiger partial charge < -0.3 is 0 Å². The maximum atomic E-state index is 3.63. The third-order valence-electron chi connectivity index (χ3n) is 0.314. The lowest BCUT2D eigenvalue weighted by atomic mass is 10.8. The molecular formula is C5H7NS. The molecule has 0 atom stereocenters. The van der Waals surface area contributed by atoms with Crippen molar-refractivity contribution in [3.63, 3.8) is 0 Å². The van der Waals surface area contributed by atoms with Gasteiger partial charge in [-0.1, -0.05) is 6.08 Å². The van der Waals surface area contributed by atoms with E-state index in [9.17, 15) is 0 Å². The highest BCUT2D eigenvalue weighted by atomic mass is 32.2. The fourth-order valence-electron chi connectivity index (χ4n) is 0.129. The van der Waals surface area contributed by atoms with Gasteiger partial charge in [-0.2, -0.15) is 4.40 Å². The average Bonchev–Trinajstić information content (AvgIpc) is 1.69. The molecule has 0 aliphatic heterocycles. The van der Waals surface area contributed by atoms with Crippen molar-refractivity contribution < 1.29 is 0 Å². The summed E-state index contributed by atoms with van der Waals surface area (Å²) in [5, 5.41) is 1.86. The summed E-state index contributed by atoms with van der Waals surface area (Å²) >= 11 is 1.32. The summed E-state index contributed by atoms with van der Waals surface area (Å²) in [7, 11) is 0. The number of nitrogens with zero attached hydrogens (tertiary/aromatic N) is 1. The van der Waals surface area contributed by atoms with Crippen LogP contribution in [0, 0.1) is 0 Å². The molecule has 0 N–H and O–H groups in total. The minimum Gasteiger partial charge on any atom is -0.169 e. The van der Waals surface area contributed by atoms with Crippen LogP contribution in [0.1, 0.15) is 6.92 Å². The molecule has 0 aliphatic carbocycles. The highest BCUT2D eigenvalue weighted by Crippen LogP contribution is 1.99. The van der Waals surface area contributed by atoms with E-state index in [1.807, 2.05) is 18.4 Å². The van der Waals surface area contributed by atoms with E-state index in [2.05, 4.69) is 16.8 Å². The van der Waals surface area contributed by atoms with Gasteiger partial charge in [-0.05, 0) is 24.8 Å². The molecule has 0 aromatic carbocycles. The first-order chi connectivity index (χ1) is 3.41. The van der Waals surface area contributed by atoms with Crippen molar-refractivity contribution in [2.45, 2.75) is 6.92 Å². The van der Waals surface area contributed by atoms with Crippen LogP contribution in [0.5, 0.6) is 0 Å². The molecule has 0 heterocycles. The smallest absolute Gasteiger partial charge is 0.0123 e. The summed E-state index contributed by atoms with van der Waals surface area (Å²) in [6.45, 7) is 5.22. The van der Waals surface area contributed by atoms with E-state index >= 15 is 0 Å². The minimum atomic E-state index is 1.32. The van der Waals surface area contributed by atoms with E-state index in [0.717, 1.165) is 0 Å². The number of rotatable bonds is 2. The Labute approximate surface area is 48.0 Å². The third kappa shape index (κ3) is 5.54. The SMILES string of the molecule is C=C=NSC=CC. The molecule has 0 fully saturated rings. The molecule has 1 nitrogen and oxygen atoms in total. The van der Waals surface area contributed by atoms with Crippen LogP contribution >= 0.6 is 11.9 Å². The maximum absolute atomic E-state index is 3.63. The summed E-state index contributed by atoms with van der Waals surface area (Å²) < 4.78 is 3.63. The normalized spacial score (nSPS) is 8.71. The summed E-state index contributed by atoms with van der Waals surface area (Å²) in [5.41, 5.74) is 0. The van der Waals surface area contributed by atoms with Crippen LogP contribution in [0.2, 0.25) is 0 Å². The van der Waals surface area contributed by atoms with Gasteiger partial charge in [0, 0.05) is 11.9 Å². The molecule has 0 bridgehead atoms. The lowest BCUT2D eigenvalue weighted by molar-refractivity contribution is 1.78. The molecule has 0 aliphatic rings. The molecule has 0 radical (unpaired) electrons. The number of allylic oxidation sites excluding steroid dienone is 1. The summed E-state index contributed by atoms with van der Waals surface area (Å²) in [4.78, 5) is 0. The first-order valence-corrected chi connectivity index (χ1v) is 2.74. The van der Waals surface area contributed by atoms with Gasteiger partial charge in [0.2, 0.25) is 0 Å². The summed E-state index contributed by atoms with van der Waals surface area (Å²) in [6.07, 6.45) is 1.91. The van der Waals surface area contributed by atoms with Crippen LogP contribution in [0.25, 0.3) is 0 Å². The van der Waals surface area contributed by atoms with Crippen LogP contribution < -0.4 is 0 Å². The molecule has 7 heavy (non-hydrogen) atoms. The molecule has 0 spiro atoms. The molecule has 0 aromatic rings. The predicted octanol–water partition coefficient (Wildman–Crippen LogP) is 2.02. The van der Waals surface area contributed by atoms with Crippen LogP contribution in [-0.4, -0.2) is 5.87 Å². The van der Waals surface area contributed by atoms with E-state index in [4.69, 9.17) is 0 Å². The van der Waals surface area contributed by atoms with Crippen molar-refractivity contribution in [3.05, 3.63) is 18.1 Å². The average molecular weight is 113 g/mol. The Morgan fingerprint density at radius 1 is 1.86 bits per heavy atom. The van der Waals surface area contributed by atoms with Crippen molar-refractivity contribution in [2.75, 3.05) is 0 Å². The minimum absolute atomic E-state index is 1.32. The Balaban J connectivity index is 3.15. The van der Waals surface area contributed by atoms with Crippen LogP contribution in [0.4, 0.5) is 0 Å². The van der Waals surface area contributed by atoms with Crippen LogP contribution in [-0.2, 0) is 0 Å². The fraction of sp³-hybridized carbons (Fsp3) is 0.200. The Morgan fingerprint density at radius 3 is 3.00 bits per heavy atom. The molecule has 0 unspecified atom stereocenters. The number of hydrogen-bond donors (Lipinski definition) is 0. The molecule has 0 aromatic heterocycles. The van der Waals surface area contributed by atoms with E-state index in [0.29, 0.717) is 0 Å².